The number of nitrogens with zero attached hydrogens (tertiary/aromatic N) is 1. The molecule has 0 unspecified atom stereocenters. The van der Waals surface area contributed by atoms with Crippen LogP contribution in [0.4, 0.5) is 0 Å². The van der Waals surface area contributed by atoms with Crippen molar-refractivity contribution in [3.8, 4) is 11.5 Å². The number of hydrogen-bond acceptors (Lipinski definition) is 5. The summed E-state index contributed by atoms with van der Waals surface area (Å²) >= 11 is 0. The van der Waals surface area contributed by atoms with Crippen molar-refractivity contribution in [1.29, 1.82) is 0 Å². The molecule has 1 spiro atoms. The maximum Gasteiger partial charge on any atom is 0.165 e. The maximum atomic E-state index is 12.5. The molecule has 26 heavy (non-hydrogen) atoms. The highest BCUT2D eigenvalue weighted by molar-refractivity contribution is 5.83. The van der Waals surface area contributed by atoms with Crippen LogP contribution in [0.5, 0.6) is 11.5 Å². The number of phenols is 1. The van der Waals surface area contributed by atoms with Crippen LogP contribution < -0.4 is 4.74 Å². The zero-order valence-electron chi connectivity index (χ0n) is 15.3. The molecule has 2 fully saturated rings. The molecule has 4 aliphatic rings. The quantitative estimate of drug-likeness (QED) is 0.868. The summed E-state index contributed by atoms with van der Waals surface area (Å²) in [5.41, 5.74) is 0.425. The van der Waals surface area contributed by atoms with E-state index in [2.05, 4.69) is 11.9 Å². The van der Waals surface area contributed by atoms with Crippen molar-refractivity contribution in [3.05, 3.63) is 23.3 Å². The Balaban J connectivity index is 1.68. The third-order valence-electron chi connectivity index (χ3n) is 7.33. The molecule has 2 N–H and O–H groups in total. The largest absolute Gasteiger partial charge is 0.504 e. The molecule has 1 aromatic carbocycles. The first kappa shape index (κ1) is 16.6. The van der Waals surface area contributed by atoms with Crippen molar-refractivity contribution >= 4 is 5.78 Å². The highest BCUT2D eigenvalue weighted by Gasteiger charge is 2.64. The zero-order valence-corrected chi connectivity index (χ0v) is 15.3. The average Bonchev–Trinajstić information content (AvgIpc) is 3.42. The number of hydrogen-bond donors (Lipinski definition) is 2. The van der Waals surface area contributed by atoms with E-state index in [-0.39, 0.29) is 17.6 Å². The van der Waals surface area contributed by atoms with E-state index in [0.29, 0.717) is 38.0 Å². The van der Waals surface area contributed by atoms with Gasteiger partial charge in [-0.25, -0.2) is 0 Å². The minimum absolute atomic E-state index is 0.000747. The number of Topliss-reactive ketones (excluding diaryl/α,β-unsaturated/α-hetero) is 1. The smallest absolute Gasteiger partial charge is 0.165 e. The number of phenolic OH excluding ortho intramolecular Hbond substituents is 1. The van der Waals surface area contributed by atoms with Gasteiger partial charge >= 0.3 is 0 Å². The van der Waals surface area contributed by atoms with E-state index in [4.69, 9.17) is 4.74 Å². The summed E-state index contributed by atoms with van der Waals surface area (Å²) in [6.07, 6.45) is 5.22. The molecule has 5 rings (SSSR count). The molecule has 3 aliphatic carbocycles. The summed E-state index contributed by atoms with van der Waals surface area (Å²) < 4.78 is 5.81. The van der Waals surface area contributed by atoms with Gasteiger partial charge in [-0.3, -0.25) is 9.69 Å². The number of likely N-dealkylation sites (N-methyl/N-ethyl adjacent to an activating group) is 1. The summed E-state index contributed by atoms with van der Waals surface area (Å²) in [5, 5.41) is 22.4. The van der Waals surface area contributed by atoms with Gasteiger partial charge in [-0.1, -0.05) is 6.07 Å². The van der Waals surface area contributed by atoms with Gasteiger partial charge in [0, 0.05) is 36.4 Å². The molecule has 0 radical (unpaired) electrons. The number of ether oxygens (including phenoxy) is 1. The molecular weight excluding hydrogens is 330 g/mol. The molecule has 2 saturated carbocycles. The number of aliphatic hydroxyl groups is 1. The molecule has 3 atom stereocenters. The molecule has 0 bridgehead atoms. The molecule has 0 aromatic heterocycles. The topological polar surface area (TPSA) is 70.0 Å². The third kappa shape index (κ3) is 2.13. The SMILES string of the molecule is CN(CC1CC1)[C@@H]1Cc2ccc(O)c3c2[C@@]2(CCO3)CC(=O)CC[C@@]12O. The Morgan fingerprint density at radius 2 is 2.12 bits per heavy atom. The minimum atomic E-state index is -0.954. The Morgan fingerprint density at radius 3 is 2.88 bits per heavy atom. The van der Waals surface area contributed by atoms with Gasteiger partial charge in [-0.2, -0.15) is 0 Å². The Kier molecular flexibility index (Phi) is 3.48. The second kappa shape index (κ2) is 5.46. The van der Waals surface area contributed by atoms with Crippen molar-refractivity contribution in [1.82, 2.24) is 4.90 Å². The summed E-state index contributed by atoms with van der Waals surface area (Å²) in [6.45, 7) is 1.44. The average molecular weight is 357 g/mol. The zero-order chi connectivity index (χ0) is 18.1. The second-order valence-corrected chi connectivity index (χ2v) is 8.87. The molecule has 1 aliphatic heterocycles. The highest BCUT2D eigenvalue weighted by atomic mass is 16.5. The molecular formula is C21H27NO4. The first-order valence-electron chi connectivity index (χ1n) is 9.87. The van der Waals surface area contributed by atoms with E-state index < -0.39 is 11.0 Å². The monoisotopic (exact) mass is 357 g/mol. The van der Waals surface area contributed by atoms with Crippen LogP contribution in [0.15, 0.2) is 12.1 Å². The third-order valence-corrected chi connectivity index (χ3v) is 7.33. The summed E-state index contributed by atoms with van der Waals surface area (Å²) in [5.74, 6) is 1.57. The van der Waals surface area contributed by atoms with E-state index in [1.165, 1.54) is 12.8 Å². The first-order valence-corrected chi connectivity index (χ1v) is 9.87. The molecule has 0 amide bonds. The maximum absolute atomic E-state index is 12.5. The van der Waals surface area contributed by atoms with Crippen LogP contribution in [0.2, 0.25) is 0 Å². The fraction of sp³-hybridized carbons (Fsp3) is 0.667. The van der Waals surface area contributed by atoms with E-state index in [0.717, 1.165) is 30.0 Å². The van der Waals surface area contributed by atoms with Crippen LogP contribution >= 0.6 is 0 Å². The van der Waals surface area contributed by atoms with Crippen LogP contribution in [0.25, 0.3) is 0 Å². The second-order valence-electron chi connectivity index (χ2n) is 8.87. The summed E-state index contributed by atoms with van der Waals surface area (Å²) in [6, 6.07) is 3.65. The molecule has 140 valence electrons. The molecule has 1 heterocycles. The van der Waals surface area contributed by atoms with E-state index in [9.17, 15) is 15.0 Å². The van der Waals surface area contributed by atoms with Crippen LogP contribution in [0.3, 0.4) is 0 Å². The number of carbonyl (C=O) groups is 1. The molecule has 1 aromatic rings. The lowest BCUT2D eigenvalue weighted by molar-refractivity contribution is -0.157. The Labute approximate surface area is 154 Å². The van der Waals surface area contributed by atoms with Gasteiger partial charge in [0.25, 0.3) is 0 Å². The van der Waals surface area contributed by atoms with Gasteiger partial charge in [-0.05, 0) is 56.7 Å². The Morgan fingerprint density at radius 1 is 1.31 bits per heavy atom. The van der Waals surface area contributed by atoms with Gasteiger partial charge in [-0.15, -0.1) is 0 Å². The van der Waals surface area contributed by atoms with Crippen molar-refractivity contribution in [3.63, 3.8) is 0 Å². The van der Waals surface area contributed by atoms with Crippen molar-refractivity contribution < 1.29 is 19.7 Å². The van der Waals surface area contributed by atoms with Crippen LogP contribution in [-0.4, -0.2) is 52.7 Å². The van der Waals surface area contributed by atoms with Crippen molar-refractivity contribution in [2.24, 2.45) is 5.92 Å². The standard InChI is InChI=1S/C21H27NO4/c1-22(12-13-2-3-13)17-10-14-4-5-16(24)19-18(14)20(8-9-26-19)11-15(23)6-7-21(17,20)25/h4-5,13,17,24-25H,2-3,6-12H2,1H3/t17-,20-,21-/m1/s1. The van der Waals surface area contributed by atoms with Gasteiger partial charge in [0.1, 0.15) is 5.78 Å². The minimum Gasteiger partial charge on any atom is -0.504 e. The van der Waals surface area contributed by atoms with E-state index in [1.54, 1.807) is 6.07 Å². The lowest BCUT2D eigenvalue weighted by Gasteiger charge is -2.60. The van der Waals surface area contributed by atoms with E-state index >= 15 is 0 Å². The summed E-state index contributed by atoms with van der Waals surface area (Å²) in [4.78, 5) is 14.8. The number of rotatable bonds is 3. The predicted molar refractivity (Wildman–Crippen MR) is 96.6 cm³/mol. The predicted octanol–water partition coefficient (Wildman–Crippen LogP) is 2.16. The molecule has 0 saturated heterocycles. The number of ketones is 1. The lowest BCUT2D eigenvalue weighted by Crippen LogP contribution is -2.70. The normalized spacial score (nSPS) is 35.7. The summed E-state index contributed by atoms with van der Waals surface area (Å²) in [7, 11) is 2.12. The Bertz CT molecular complexity index is 774. The van der Waals surface area contributed by atoms with Crippen LogP contribution in [0, 0.1) is 5.92 Å². The fourth-order valence-corrected chi connectivity index (χ4v) is 5.88. The van der Waals surface area contributed by atoms with Gasteiger partial charge in [0.05, 0.1) is 12.2 Å². The van der Waals surface area contributed by atoms with E-state index in [1.807, 2.05) is 6.07 Å². The Hall–Kier alpha value is -1.59. The van der Waals surface area contributed by atoms with Gasteiger partial charge in [0.15, 0.2) is 11.5 Å². The number of benzene rings is 1. The van der Waals surface area contributed by atoms with Crippen molar-refractivity contribution in [2.75, 3.05) is 20.2 Å². The fourth-order valence-electron chi connectivity index (χ4n) is 5.88. The van der Waals surface area contributed by atoms with Gasteiger partial charge < -0.3 is 14.9 Å². The first-order chi connectivity index (χ1) is 12.4. The molecule has 5 heteroatoms. The van der Waals surface area contributed by atoms with Crippen molar-refractivity contribution in [2.45, 2.75) is 62.0 Å². The lowest BCUT2D eigenvalue weighted by atomic mass is 9.50. The van der Waals surface area contributed by atoms with Gasteiger partial charge in [0.2, 0.25) is 0 Å². The highest BCUT2D eigenvalue weighted by Crippen LogP contribution is 2.60. The number of aromatic hydroxyl groups is 1. The number of carbonyl (C=O) groups excluding carboxylic acids is 1. The van der Waals surface area contributed by atoms with Crippen LogP contribution in [-0.2, 0) is 16.6 Å². The van der Waals surface area contributed by atoms with Crippen LogP contribution in [0.1, 0.15) is 49.7 Å². The molecule has 5 nitrogen and oxygen atoms in total.